The molecule has 0 spiro atoms. The first-order chi connectivity index (χ1) is 4.61. The Morgan fingerprint density at radius 2 is 1.82 bits per heavy atom. The molecule has 0 radical (unpaired) electrons. The Morgan fingerprint density at radius 1 is 1.27 bits per heavy atom. The molecule has 2 N–H and O–H groups in total. The molecule has 0 amide bonds. The number of allylic oxidation sites excluding steroid dienone is 2. The molecule has 60 valence electrons. The Kier molecular flexibility index (Phi) is 3.36. The van der Waals surface area contributed by atoms with E-state index in [9.17, 15) is 0 Å². The molecule has 0 unspecified atom stereocenters. The van der Waals surface area contributed by atoms with Crippen molar-refractivity contribution in [1.82, 2.24) is 0 Å². The van der Waals surface area contributed by atoms with Gasteiger partial charge in [-0.25, -0.2) is 0 Å². The average molecular weight is 191 g/mol. The molecule has 0 aromatic heterocycles. The van der Waals surface area contributed by atoms with Gasteiger partial charge in [0.1, 0.15) is 5.71 Å². The van der Waals surface area contributed by atoms with Crippen molar-refractivity contribution in [2.24, 2.45) is 4.99 Å². The average Bonchev–Trinajstić information content (AvgIpc) is 1.82. The molecule has 1 aliphatic heterocycles. The SMILES string of the molecule is CC1=CC(=N)C(=N)C(C)=N1.[Fe]. The minimum atomic E-state index is 0. The number of hydrogen-bond donors (Lipinski definition) is 2. The van der Waals surface area contributed by atoms with E-state index in [-0.39, 0.29) is 28.5 Å². The monoisotopic (exact) mass is 191 g/mol. The van der Waals surface area contributed by atoms with Crippen LogP contribution in [0.15, 0.2) is 16.8 Å². The van der Waals surface area contributed by atoms with E-state index in [1.165, 1.54) is 0 Å². The van der Waals surface area contributed by atoms with Crippen LogP contribution in [0.3, 0.4) is 0 Å². The van der Waals surface area contributed by atoms with Crippen molar-refractivity contribution in [3.63, 3.8) is 0 Å². The number of nitrogens with one attached hydrogen (secondary N) is 2. The maximum Gasteiger partial charge on any atom is 0.100 e. The van der Waals surface area contributed by atoms with Gasteiger partial charge in [0.05, 0.1) is 11.4 Å². The molecule has 4 heteroatoms. The summed E-state index contributed by atoms with van der Waals surface area (Å²) in [5.41, 5.74) is 1.92. The maximum absolute atomic E-state index is 7.29. The van der Waals surface area contributed by atoms with Gasteiger partial charge in [0.2, 0.25) is 0 Å². The van der Waals surface area contributed by atoms with Gasteiger partial charge in [-0.2, -0.15) is 0 Å². The van der Waals surface area contributed by atoms with Gasteiger partial charge in [-0.05, 0) is 19.9 Å². The van der Waals surface area contributed by atoms with E-state index in [4.69, 9.17) is 10.8 Å². The first-order valence-corrected chi connectivity index (χ1v) is 3.02. The number of nitrogens with zero attached hydrogens (tertiary/aromatic N) is 1. The van der Waals surface area contributed by atoms with E-state index >= 15 is 0 Å². The zero-order valence-corrected chi connectivity index (χ0v) is 7.48. The molecule has 1 heterocycles. The number of hydrogen-bond acceptors (Lipinski definition) is 3. The summed E-state index contributed by atoms with van der Waals surface area (Å²) in [6.45, 7) is 3.57. The second-order valence-electron chi connectivity index (χ2n) is 2.27. The zero-order valence-electron chi connectivity index (χ0n) is 6.38. The summed E-state index contributed by atoms with van der Waals surface area (Å²) in [6.07, 6.45) is 1.59. The van der Waals surface area contributed by atoms with Gasteiger partial charge >= 0.3 is 0 Å². The van der Waals surface area contributed by atoms with E-state index in [1.54, 1.807) is 13.0 Å². The summed E-state index contributed by atoms with van der Waals surface area (Å²) >= 11 is 0. The van der Waals surface area contributed by atoms with Crippen molar-refractivity contribution in [2.45, 2.75) is 13.8 Å². The second kappa shape index (κ2) is 3.60. The van der Waals surface area contributed by atoms with E-state index in [2.05, 4.69) is 4.99 Å². The van der Waals surface area contributed by atoms with E-state index in [0.29, 0.717) is 5.71 Å². The molecule has 0 aromatic carbocycles. The Balaban J connectivity index is 0.000001000. The molecule has 0 fully saturated rings. The normalized spacial score (nSPS) is 16.9. The van der Waals surface area contributed by atoms with Gasteiger partial charge in [-0.3, -0.25) is 15.8 Å². The molecule has 0 bridgehead atoms. The Bertz CT molecular complexity index is 260. The standard InChI is InChI=1S/C7H9N3.Fe/c1-4-3-6(8)7(9)5(2)10-4;/h3,8-9H,1-2H3;. The van der Waals surface area contributed by atoms with Crippen molar-refractivity contribution in [3.05, 3.63) is 11.8 Å². The minimum absolute atomic E-state index is 0. The molecular weight excluding hydrogens is 182 g/mol. The number of aliphatic imine (C=N–C) groups is 1. The van der Waals surface area contributed by atoms with Gasteiger partial charge in [0, 0.05) is 22.8 Å². The Hall–Kier alpha value is -0.731. The smallest absolute Gasteiger partial charge is 0.100 e. The molecule has 0 atom stereocenters. The molecule has 0 aliphatic carbocycles. The fourth-order valence-corrected chi connectivity index (χ4v) is 0.829. The Labute approximate surface area is 76.1 Å². The van der Waals surface area contributed by atoms with Crippen molar-refractivity contribution < 1.29 is 17.1 Å². The predicted molar refractivity (Wildman–Crippen MR) is 42.3 cm³/mol. The third-order valence-electron chi connectivity index (χ3n) is 1.33. The fourth-order valence-electron chi connectivity index (χ4n) is 0.829. The van der Waals surface area contributed by atoms with Crippen LogP contribution in [0, 0.1) is 10.8 Å². The number of rotatable bonds is 0. The largest absolute Gasteiger partial charge is 0.299 e. The summed E-state index contributed by atoms with van der Waals surface area (Å²) in [5.74, 6) is 0. The first kappa shape index (κ1) is 10.3. The van der Waals surface area contributed by atoms with E-state index < -0.39 is 0 Å². The fraction of sp³-hybridized carbons (Fsp3) is 0.286. The first-order valence-electron chi connectivity index (χ1n) is 3.02. The molecular formula is C7H9FeN3. The predicted octanol–water partition coefficient (Wildman–Crippen LogP) is 1.40. The zero-order chi connectivity index (χ0) is 7.72. The second-order valence-corrected chi connectivity index (χ2v) is 2.27. The summed E-state index contributed by atoms with van der Waals surface area (Å²) in [6, 6.07) is 0. The van der Waals surface area contributed by atoms with E-state index in [1.807, 2.05) is 6.92 Å². The van der Waals surface area contributed by atoms with Crippen LogP contribution in [0.25, 0.3) is 0 Å². The van der Waals surface area contributed by atoms with Crippen LogP contribution in [0.4, 0.5) is 0 Å². The summed E-state index contributed by atoms with van der Waals surface area (Å²) in [4.78, 5) is 4.03. The summed E-state index contributed by atoms with van der Waals surface area (Å²) < 4.78 is 0. The van der Waals surface area contributed by atoms with Gasteiger partial charge in [0.15, 0.2) is 0 Å². The molecule has 3 nitrogen and oxygen atoms in total. The molecule has 11 heavy (non-hydrogen) atoms. The van der Waals surface area contributed by atoms with Crippen LogP contribution in [0.5, 0.6) is 0 Å². The van der Waals surface area contributed by atoms with Crippen LogP contribution in [0.2, 0.25) is 0 Å². The van der Waals surface area contributed by atoms with Crippen LogP contribution < -0.4 is 0 Å². The van der Waals surface area contributed by atoms with Gasteiger partial charge in [-0.1, -0.05) is 0 Å². The third kappa shape index (κ3) is 2.10. The van der Waals surface area contributed by atoms with Crippen molar-refractivity contribution >= 4 is 17.1 Å². The molecule has 0 aromatic rings. The molecule has 0 saturated carbocycles. The minimum Gasteiger partial charge on any atom is -0.299 e. The molecule has 1 rings (SSSR count). The quantitative estimate of drug-likeness (QED) is 0.543. The molecule has 0 saturated heterocycles. The third-order valence-corrected chi connectivity index (χ3v) is 1.33. The van der Waals surface area contributed by atoms with Crippen LogP contribution in [-0.4, -0.2) is 17.1 Å². The van der Waals surface area contributed by atoms with E-state index in [0.717, 1.165) is 5.70 Å². The van der Waals surface area contributed by atoms with Gasteiger partial charge in [0.25, 0.3) is 0 Å². The van der Waals surface area contributed by atoms with Crippen LogP contribution in [-0.2, 0) is 17.1 Å². The van der Waals surface area contributed by atoms with Crippen LogP contribution >= 0.6 is 0 Å². The topological polar surface area (TPSA) is 60.1 Å². The summed E-state index contributed by atoms with van der Waals surface area (Å²) in [7, 11) is 0. The van der Waals surface area contributed by atoms with Gasteiger partial charge in [-0.15, -0.1) is 0 Å². The Morgan fingerprint density at radius 3 is 2.27 bits per heavy atom. The maximum atomic E-state index is 7.29. The van der Waals surface area contributed by atoms with Crippen LogP contribution in [0.1, 0.15) is 13.8 Å². The molecule has 1 aliphatic rings. The van der Waals surface area contributed by atoms with Crippen molar-refractivity contribution in [2.75, 3.05) is 0 Å². The van der Waals surface area contributed by atoms with Crippen molar-refractivity contribution in [3.8, 4) is 0 Å². The summed E-state index contributed by atoms with van der Waals surface area (Å²) in [5, 5.41) is 14.6. The van der Waals surface area contributed by atoms with Crippen molar-refractivity contribution in [1.29, 1.82) is 10.8 Å². The van der Waals surface area contributed by atoms with Gasteiger partial charge < -0.3 is 0 Å².